The van der Waals surface area contributed by atoms with Crippen LogP contribution >= 0.6 is 0 Å². The lowest BCUT2D eigenvalue weighted by Crippen LogP contribution is -2.36. The predicted molar refractivity (Wildman–Crippen MR) is 48.4 cm³/mol. The molecule has 1 unspecified atom stereocenters. The molecule has 6 heteroatoms. The Morgan fingerprint density at radius 1 is 1.47 bits per heavy atom. The summed E-state index contributed by atoms with van der Waals surface area (Å²) in [6.07, 6.45) is -3.85. The van der Waals surface area contributed by atoms with Crippen molar-refractivity contribution in [2.75, 3.05) is 6.54 Å². The van der Waals surface area contributed by atoms with E-state index in [4.69, 9.17) is 10.5 Å². The van der Waals surface area contributed by atoms with E-state index in [2.05, 4.69) is 4.98 Å². The summed E-state index contributed by atoms with van der Waals surface area (Å²) in [7, 11) is 0. The van der Waals surface area contributed by atoms with Crippen molar-refractivity contribution in [2.45, 2.75) is 18.7 Å². The minimum atomic E-state index is -4.41. The molecule has 0 aliphatic heterocycles. The van der Waals surface area contributed by atoms with E-state index in [0.29, 0.717) is 0 Å². The van der Waals surface area contributed by atoms with E-state index in [9.17, 15) is 13.2 Å². The zero-order valence-electron chi connectivity index (χ0n) is 7.87. The van der Waals surface area contributed by atoms with Crippen LogP contribution in [0.4, 0.5) is 13.2 Å². The molecule has 0 fully saturated rings. The maximum absolute atomic E-state index is 12.4. The third-order valence-electron chi connectivity index (χ3n) is 1.71. The highest BCUT2D eigenvalue weighted by Crippen LogP contribution is 2.26. The Hall–Kier alpha value is -1.30. The van der Waals surface area contributed by atoms with Crippen LogP contribution in [0.15, 0.2) is 24.5 Å². The molecule has 0 aliphatic carbocycles. The van der Waals surface area contributed by atoms with Gasteiger partial charge in [0.05, 0.1) is 6.20 Å². The van der Waals surface area contributed by atoms with Crippen molar-refractivity contribution < 1.29 is 17.9 Å². The van der Waals surface area contributed by atoms with Gasteiger partial charge in [-0.05, 0) is 18.7 Å². The molecule has 0 amide bonds. The van der Waals surface area contributed by atoms with Crippen LogP contribution in [0.1, 0.15) is 6.42 Å². The molecule has 0 spiro atoms. The first-order valence-electron chi connectivity index (χ1n) is 4.37. The Balaban J connectivity index is 2.67. The van der Waals surface area contributed by atoms with E-state index in [-0.39, 0.29) is 18.7 Å². The summed E-state index contributed by atoms with van der Waals surface area (Å²) in [5.74, 6) is 0.0910. The molecular formula is C9H11F3N2O. The summed E-state index contributed by atoms with van der Waals surface area (Å²) >= 11 is 0. The molecule has 1 heterocycles. The Morgan fingerprint density at radius 2 is 2.20 bits per heavy atom. The molecule has 0 bridgehead atoms. The van der Waals surface area contributed by atoms with Gasteiger partial charge in [0.1, 0.15) is 5.75 Å². The van der Waals surface area contributed by atoms with Crippen LogP contribution < -0.4 is 10.5 Å². The molecular weight excluding hydrogens is 209 g/mol. The number of rotatable bonds is 4. The lowest BCUT2D eigenvalue weighted by molar-refractivity contribution is -0.196. The van der Waals surface area contributed by atoms with Gasteiger partial charge in [-0.15, -0.1) is 0 Å². The third-order valence-corrected chi connectivity index (χ3v) is 1.71. The van der Waals surface area contributed by atoms with Crippen LogP contribution in [-0.2, 0) is 0 Å². The number of nitrogens with zero attached hydrogens (tertiary/aromatic N) is 1. The molecule has 0 saturated carbocycles. The topological polar surface area (TPSA) is 48.1 Å². The van der Waals surface area contributed by atoms with Crippen molar-refractivity contribution in [1.82, 2.24) is 4.98 Å². The minimum absolute atomic E-state index is 0.0789. The second-order valence-corrected chi connectivity index (χ2v) is 2.91. The largest absolute Gasteiger partial charge is 0.479 e. The lowest BCUT2D eigenvalue weighted by Gasteiger charge is -2.20. The van der Waals surface area contributed by atoms with Crippen LogP contribution in [0.25, 0.3) is 0 Å². The van der Waals surface area contributed by atoms with E-state index in [1.807, 2.05) is 0 Å². The second-order valence-electron chi connectivity index (χ2n) is 2.91. The molecule has 1 rings (SSSR count). The fourth-order valence-electron chi connectivity index (χ4n) is 1.02. The maximum atomic E-state index is 12.4. The van der Waals surface area contributed by atoms with Crippen LogP contribution in [0.3, 0.4) is 0 Å². The average molecular weight is 220 g/mol. The Kier molecular flexibility index (Phi) is 3.90. The summed E-state index contributed by atoms with van der Waals surface area (Å²) in [5, 5.41) is 0. The van der Waals surface area contributed by atoms with Crippen molar-refractivity contribution in [3.8, 4) is 5.75 Å². The number of hydrogen-bond donors (Lipinski definition) is 1. The number of ether oxygens (including phenoxy) is 1. The first-order chi connectivity index (χ1) is 7.04. The van der Waals surface area contributed by atoms with Gasteiger partial charge in [-0.2, -0.15) is 13.2 Å². The summed E-state index contributed by atoms with van der Waals surface area (Å²) in [6.45, 7) is -0.0789. The van der Waals surface area contributed by atoms with E-state index in [0.717, 1.165) is 0 Å². The molecule has 0 radical (unpaired) electrons. The van der Waals surface area contributed by atoms with Crippen LogP contribution in [0.2, 0.25) is 0 Å². The SMILES string of the molecule is NCCC(Oc1cccnc1)C(F)(F)F. The Morgan fingerprint density at radius 3 is 2.67 bits per heavy atom. The van der Waals surface area contributed by atoms with Gasteiger partial charge in [-0.1, -0.05) is 0 Å². The van der Waals surface area contributed by atoms with Gasteiger partial charge < -0.3 is 10.5 Å². The first-order valence-corrected chi connectivity index (χ1v) is 4.37. The van der Waals surface area contributed by atoms with E-state index in [1.54, 1.807) is 0 Å². The predicted octanol–water partition coefficient (Wildman–Crippen LogP) is 1.74. The number of hydrogen-bond acceptors (Lipinski definition) is 3. The van der Waals surface area contributed by atoms with Gasteiger partial charge in [0.25, 0.3) is 0 Å². The standard InChI is InChI=1S/C9H11F3N2O/c10-9(11,12)8(3-4-13)15-7-2-1-5-14-6-7/h1-2,5-6,8H,3-4,13H2. The first kappa shape index (κ1) is 11.8. The second kappa shape index (κ2) is 4.97. The monoisotopic (exact) mass is 220 g/mol. The van der Waals surface area contributed by atoms with E-state index in [1.165, 1.54) is 24.5 Å². The average Bonchev–Trinajstić information content (AvgIpc) is 2.17. The summed E-state index contributed by atoms with van der Waals surface area (Å²) in [5.41, 5.74) is 5.08. The van der Waals surface area contributed by atoms with Crippen molar-refractivity contribution in [3.05, 3.63) is 24.5 Å². The number of aromatic nitrogens is 1. The molecule has 1 aromatic rings. The van der Waals surface area contributed by atoms with Crippen molar-refractivity contribution in [2.24, 2.45) is 5.73 Å². The summed E-state index contributed by atoms with van der Waals surface area (Å²) < 4.78 is 41.9. The Bertz CT molecular complexity index is 289. The zero-order valence-corrected chi connectivity index (χ0v) is 7.87. The smallest absolute Gasteiger partial charge is 0.425 e. The minimum Gasteiger partial charge on any atom is -0.479 e. The molecule has 0 saturated heterocycles. The number of nitrogens with two attached hydrogens (primary N) is 1. The van der Waals surface area contributed by atoms with Gasteiger partial charge in [0.15, 0.2) is 6.10 Å². The number of pyridine rings is 1. The fraction of sp³-hybridized carbons (Fsp3) is 0.444. The number of halogens is 3. The van der Waals surface area contributed by atoms with Crippen molar-refractivity contribution >= 4 is 0 Å². The molecule has 15 heavy (non-hydrogen) atoms. The maximum Gasteiger partial charge on any atom is 0.425 e. The van der Waals surface area contributed by atoms with Gasteiger partial charge in [-0.3, -0.25) is 4.98 Å². The van der Waals surface area contributed by atoms with Crippen LogP contribution in [0.5, 0.6) is 5.75 Å². The highest BCUT2D eigenvalue weighted by atomic mass is 19.4. The van der Waals surface area contributed by atoms with Crippen LogP contribution in [-0.4, -0.2) is 23.8 Å². The van der Waals surface area contributed by atoms with Gasteiger partial charge in [-0.25, -0.2) is 0 Å². The molecule has 1 aromatic heterocycles. The molecule has 3 nitrogen and oxygen atoms in total. The third kappa shape index (κ3) is 3.75. The summed E-state index contributed by atoms with van der Waals surface area (Å²) in [6, 6.07) is 2.92. The molecule has 1 atom stereocenters. The van der Waals surface area contributed by atoms with E-state index < -0.39 is 12.3 Å². The lowest BCUT2D eigenvalue weighted by atomic mass is 10.2. The van der Waals surface area contributed by atoms with Gasteiger partial charge in [0, 0.05) is 12.6 Å². The molecule has 0 aromatic carbocycles. The normalized spacial score (nSPS) is 13.6. The van der Waals surface area contributed by atoms with Gasteiger partial charge >= 0.3 is 6.18 Å². The molecule has 84 valence electrons. The highest BCUT2D eigenvalue weighted by Gasteiger charge is 2.41. The van der Waals surface area contributed by atoms with Gasteiger partial charge in [0.2, 0.25) is 0 Å². The summed E-state index contributed by atoms with van der Waals surface area (Å²) in [4.78, 5) is 3.66. The van der Waals surface area contributed by atoms with Crippen molar-refractivity contribution in [3.63, 3.8) is 0 Å². The molecule has 2 N–H and O–H groups in total. The molecule has 0 aliphatic rings. The number of alkyl halides is 3. The fourth-order valence-corrected chi connectivity index (χ4v) is 1.02. The van der Waals surface area contributed by atoms with Crippen molar-refractivity contribution in [1.29, 1.82) is 0 Å². The Labute approximate surface area is 85.1 Å². The quantitative estimate of drug-likeness (QED) is 0.840. The zero-order chi connectivity index (χ0) is 11.3. The van der Waals surface area contributed by atoms with E-state index >= 15 is 0 Å². The highest BCUT2D eigenvalue weighted by molar-refractivity contribution is 5.16. The van der Waals surface area contributed by atoms with Crippen LogP contribution in [0, 0.1) is 0 Å².